The number of amides is 2. The van der Waals surface area contributed by atoms with Crippen molar-refractivity contribution in [2.45, 2.75) is 32.2 Å². The van der Waals surface area contributed by atoms with Gasteiger partial charge in [-0.3, -0.25) is 9.48 Å². The average molecular weight is 370 g/mol. The molecule has 1 aliphatic carbocycles. The number of benzene rings is 1. The number of nitrogens with zero attached hydrogens (tertiary/aromatic N) is 3. The minimum Gasteiger partial charge on any atom is -0.465 e. The number of aromatic nitrogens is 2. The number of hydrogen-bond donors (Lipinski definition) is 2. The Balaban J connectivity index is 1.47. The Hall–Kier alpha value is -2.57. The second-order valence-electron chi connectivity index (χ2n) is 8.48. The van der Waals surface area contributed by atoms with Crippen molar-refractivity contribution in [1.29, 1.82) is 0 Å². The van der Waals surface area contributed by atoms with Crippen LogP contribution >= 0.6 is 0 Å². The molecule has 0 unspecified atom stereocenters. The van der Waals surface area contributed by atoms with Gasteiger partial charge in [-0.15, -0.1) is 0 Å². The largest absolute Gasteiger partial charge is 0.465 e. The fourth-order valence-electron chi connectivity index (χ4n) is 4.81. The summed E-state index contributed by atoms with van der Waals surface area (Å²) in [5, 5.41) is 18.1. The summed E-state index contributed by atoms with van der Waals surface area (Å²) in [4.78, 5) is 25.6. The third-order valence-electron chi connectivity index (χ3n) is 6.18. The number of carboxylic acid groups (broad SMARTS) is 1. The van der Waals surface area contributed by atoms with Gasteiger partial charge in [-0.25, -0.2) is 4.79 Å². The molecular formula is C20H26N4O3. The van der Waals surface area contributed by atoms with Gasteiger partial charge in [0.2, 0.25) is 5.91 Å². The van der Waals surface area contributed by atoms with Crippen LogP contribution in [-0.4, -0.2) is 44.9 Å². The van der Waals surface area contributed by atoms with Gasteiger partial charge >= 0.3 is 6.09 Å². The molecule has 2 amide bonds. The van der Waals surface area contributed by atoms with Crippen LogP contribution in [-0.2, 0) is 17.4 Å². The second kappa shape index (κ2) is 6.25. The molecule has 27 heavy (non-hydrogen) atoms. The van der Waals surface area contributed by atoms with E-state index in [9.17, 15) is 9.59 Å². The molecule has 2 aromatic rings. The Morgan fingerprint density at radius 2 is 1.81 bits per heavy atom. The maximum absolute atomic E-state index is 12.9. The predicted octanol–water partition coefficient (Wildman–Crippen LogP) is 2.56. The van der Waals surface area contributed by atoms with Crippen molar-refractivity contribution in [3.8, 4) is 0 Å². The van der Waals surface area contributed by atoms with Gasteiger partial charge in [0.1, 0.15) is 0 Å². The lowest BCUT2D eigenvalue weighted by molar-refractivity contribution is -0.126. The van der Waals surface area contributed by atoms with Crippen molar-refractivity contribution in [1.82, 2.24) is 20.0 Å². The molecule has 2 aliphatic rings. The van der Waals surface area contributed by atoms with E-state index >= 15 is 0 Å². The van der Waals surface area contributed by atoms with Gasteiger partial charge in [0.15, 0.2) is 0 Å². The van der Waals surface area contributed by atoms with E-state index in [2.05, 4.69) is 10.4 Å². The molecule has 2 N–H and O–H groups in total. The third kappa shape index (κ3) is 3.05. The van der Waals surface area contributed by atoms with Crippen molar-refractivity contribution in [2.75, 3.05) is 13.1 Å². The van der Waals surface area contributed by atoms with Gasteiger partial charge in [0.05, 0.1) is 16.7 Å². The van der Waals surface area contributed by atoms with Crippen LogP contribution in [0.1, 0.15) is 32.4 Å². The van der Waals surface area contributed by atoms with Crippen LogP contribution in [0.25, 0.3) is 10.9 Å². The molecule has 1 aromatic carbocycles. The number of nitrogens with one attached hydrogen (secondary N) is 1. The number of rotatable bonds is 3. The van der Waals surface area contributed by atoms with Gasteiger partial charge in [0, 0.05) is 31.4 Å². The molecule has 3 atom stereocenters. The highest BCUT2D eigenvalue weighted by Crippen LogP contribution is 2.42. The SMILES string of the molecule is Cn1nc(C(C)(C)NC(=O)[C@H]2C[C@@H]3CN(C(=O)O)C[C@@H]3C2)c2ccccc21. The molecule has 1 saturated carbocycles. The van der Waals surface area contributed by atoms with Crippen LogP contribution in [0, 0.1) is 17.8 Å². The highest BCUT2D eigenvalue weighted by Gasteiger charge is 2.45. The highest BCUT2D eigenvalue weighted by atomic mass is 16.4. The zero-order valence-electron chi connectivity index (χ0n) is 16.0. The minimum absolute atomic E-state index is 0.0472. The van der Waals surface area contributed by atoms with E-state index in [-0.39, 0.29) is 11.8 Å². The first-order valence-corrected chi connectivity index (χ1v) is 9.48. The van der Waals surface area contributed by atoms with Crippen LogP contribution in [0.3, 0.4) is 0 Å². The lowest BCUT2D eigenvalue weighted by Gasteiger charge is -2.27. The Labute approximate surface area is 158 Å². The van der Waals surface area contributed by atoms with E-state index in [0.717, 1.165) is 29.4 Å². The van der Waals surface area contributed by atoms with Gasteiger partial charge in [-0.05, 0) is 44.6 Å². The summed E-state index contributed by atoms with van der Waals surface area (Å²) in [6.45, 7) is 5.08. The standard InChI is InChI=1S/C20H26N4O3/c1-20(2,17-15-6-4-5-7-16(15)23(3)22-17)21-18(25)12-8-13-10-24(19(26)27)11-14(13)9-12/h4-7,12-14H,8-11H2,1-3H3,(H,21,25)(H,26,27)/t12-,13+,14-. The highest BCUT2D eigenvalue weighted by molar-refractivity contribution is 5.85. The normalized spacial score (nSPS) is 25.0. The summed E-state index contributed by atoms with van der Waals surface area (Å²) < 4.78 is 1.85. The molecule has 2 heterocycles. The summed E-state index contributed by atoms with van der Waals surface area (Å²) >= 11 is 0. The van der Waals surface area contributed by atoms with E-state index in [4.69, 9.17) is 5.11 Å². The molecule has 7 nitrogen and oxygen atoms in total. The Bertz CT molecular complexity index is 890. The van der Waals surface area contributed by atoms with Crippen LogP contribution in [0.15, 0.2) is 24.3 Å². The molecule has 2 fully saturated rings. The first kappa shape index (κ1) is 17.8. The smallest absolute Gasteiger partial charge is 0.407 e. The molecule has 7 heteroatoms. The molecule has 4 rings (SSSR count). The van der Waals surface area contributed by atoms with Crippen LogP contribution in [0.5, 0.6) is 0 Å². The number of hydrogen-bond acceptors (Lipinski definition) is 3. The molecule has 1 aromatic heterocycles. The van der Waals surface area contributed by atoms with E-state index in [1.807, 2.05) is 49.8 Å². The van der Waals surface area contributed by atoms with E-state index in [1.54, 1.807) is 0 Å². The summed E-state index contributed by atoms with van der Waals surface area (Å²) in [5.41, 5.74) is 1.33. The lowest BCUT2D eigenvalue weighted by atomic mass is 9.95. The second-order valence-corrected chi connectivity index (χ2v) is 8.48. The Morgan fingerprint density at radius 1 is 1.19 bits per heavy atom. The van der Waals surface area contributed by atoms with Crippen molar-refractivity contribution in [2.24, 2.45) is 24.8 Å². The monoisotopic (exact) mass is 370 g/mol. The quantitative estimate of drug-likeness (QED) is 0.869. The van der Waals surface area contributed by atoms with E-state index < -0.39 is 11.6 Å². The number of fused-ring (bicyclic) bond motifs is 2. The molecule has 0 radical (unpaired) electrons. The van der Waals surface area contributed by atoms with E-state index in [1.165, 1.54) is 4.90 Å². The maximum atomic E-state index is 12.9. The van der Waals surface area contributed by atoms with Gasteiger partial charge in [-0.1, -0.05) is 18.2 Å². The fourth-order valence-corrected chi connectivity index (χ4v) is 4.81. The number of carbonyl (C=O) groups excluding carboxylic acids is 1. The van der Waals surface area contributed by atoms with Crippen LogP contribution < -0.4 is 5.32 Å². The minimum atomic E-state index is -0.853. The number of aryl methyl sites for hydroxylation is 1. The van der Waals surface area contributed by atoms with E-state index in [0.29, 0.717) is 24.9 Å². The topological polar surface area (TPSA) is 87.5 Å². The van der Waals surface area contributed by atoms with Gasteiger partial charge in [-0.2, -0.15) is 5.10 Å². The zero-order valence-corrected chi connectivity index (χ0v) is 16.0. The number of likely N-dealkylation sites (tertiary alicyclic amines) is 1. The van der Waals surface area contributed by atoms with Crippen LogP contribution in [0.4, 0.5) is 4.79 Å². The van der Waals surface area contributed by atoms with Gasteiger partial charge in [0.25, 0.3) is 0 Å². The first-order valence-electron chi connectivity index (χ1n) is 9.48. The average Bonchev–Trinajstić information content (AvgIpc) is 3.26. The molecule has 1 aliphatic heterocycles. The molecule has 1 saturated heterocycles. The summed E-state index contributed by atoms with van der Waals surface area (Å²) in [7, 11) is 1.91. The first-order chi connectivity index (χ1) is 12.8. The fraction of sp³-hybridized carbons (Fsp3) is 0.550. The van der Waals surface area contributed by atoms with Crippen molar-refractivity contribution in [3.05, 3.63) is 30.0 Å². The van der Waals surface area contributed by atoms with Crippen LogP contribution in [0.2, 0.25) is 0 Å². The Kier molecular flexibility index (Phi) is 4.13. The zero-order chi connectivity index (χ0) is 19.3. The summed E-state index contributed by atoms with van der Waals surface area (Å²) in [6, 6.07) is 8.02. The van der Waals surface area contributed by atoms with Crippen molar-refractivity contribution < 1.29 is 14.7 Å². The lowest BCUT2D eigenvalue weighted by Crippen LogP contribution is -2.44. The molecule has 144 valence electrons. The molecule has 0 spiro atoms. The molecule has 0 bridgehead atoms. The predicted molar refractivity (Wildman–Crippen MR) is 101 cm³/mol. The third-order valence-corrected chi connectivity index (χ3v) is 6.18. The Morgan fingerprint density at radius 3 is 2.44 bits per heavy atom. The van der Waals surface area contributed by atoms with Crippen molar-refractivity contribution in [3.63, 3.8) is 0 Å². The summed E-state index contributed by atoms with van der Waals surface area (Å²) in [5.74, 6) is 0.600. The maximum Gasteiger partial charge on any atom is 0.407 e. The summed E-state index contributed by atoms with van der Waals surface area (Å²) in [6.07, 6.45) is 0.673. The number of para-hydroxylation sites is 1. The van der Waals surface area contributed by atoms with Gasteiger partial charge < -0.3 is 15.3 Å². The van der Waals surface area contributed by atoms with Crippen molar-refractivity contribution >= 4 is 22.9 Å². The number of carbonyl (C=O) groups is 2. The molecular weight excluding hydrogens is 344 g/mol.